The van der Waals surface area contributed by atoms with Crippen LogP contribution in [0.15, 0.2) is 79.0 Å². The number of rotatable bonds is 11. The fourth-order valence-electron chi connectivity index (χ4n) is 12.0. The number of ether oxygens (including phenoxy) is 3. The lowest BCUT2D eigenvalue weighted by Crippen LogP contribution is -2.67. The van der Waals surface area contributed by atoms with Crippen molar-refractivity contribution in [2.45, 2.75) is 123 Å². The molecule has 6 atom stereocenters. The van der Waals surface area contributed by atoms with Crippen LogP contribution in [-0.4, -0.2) is 149 Å². The molecule has 3 aromatic carbocycles. The van der Waals surface area contributed by atoms with Gasteiger partial charge in [0.1, 0.15) is 23.9 Å². The molecule has 4 N–H and O–H groups in total. The molecule has 3 amide bonds. The number of hydrazine groups is 1. The number of esters is 1. The molecular formula is C60H78N8O9. The van der Waals surface area contributed by atoms with Crippen LogP contribution in [0.4, 0.5) is 5.69 Å². The van der Waals surface area contributed by atoms with Gasteiger partial charge in [-0.25, -0.2) is 4.79 Å². The second kappa shape index (κ2) is 22.2. The molecule has 77 heavy (non-hydrogen) atoms. The molecule has 4 aliphatic heterocycles. The third-order valence-corrected chi connectivity index (χ3v) is 16.5. The molecule has 412 valence electrons. The molecule has 4 aliphatic rings. The van der Waals surface area contributed by atoms with Crippen LogP contribution in [0.2, 0.25) is 0 Å². The number of phenolic OH excluding ortho intramolecular Hbond substituents is 1. The lowest BCUT2D eigenvalue weighted by atomic mass is 9.76. The average Bonchev–Trinajstić information content (AvgIpc) is 4.05. The fraction of sp³-hybridized carbons (Fsp3) is 0.517. The minimum absolute atomic E-state index is 0.0372. The number of piperazine rings is 1. The zero-order valence-electron chi connectivity index (χ0n) is 46.5. The Hall–Kier alpha value is -6.37. The largest absolute Gasteiger partial charge is 0.508 e. The topological polar surface area (TPSA) is 191 Å². The first-order chi connectivity index (χ1) is 36.6. The standard InChI is InChI=1S/C60H78N8O9/c1-11-67-49-19-18-40-32-45(49)47(52(67)46-33-43(35-61-50(46)38(4)75-10)66-25-23-64(8)24-26-66)34-58(5,6)36-77-57(73)60(74)20-15-22-68(63-60)55(71)48(30-39-28-41(40)31-44(69)29-39)62-54(70)51(37(2)3)65(9)56(72)53-59(7,21-27-76-53)42-16-13-12-14-17-42/h12-14,16-19,28-29,31-33,35,37-38,48,51,53,63,69,74H,11,15,20-27,30,34,36H2,1-10H3,(H,62,70)/t38-,48-,51-,53-,59-,60-/m0/s1. The number of aryl methyl sites for hydroxylation is 1. The Morgan fingerprint density at radius 3 is 2.40 bits per heavy atom. The van der Waals surface area contributed by atoms with Crippen molar-refractivity contribution in [3.63, 3.8) is 0 Å². The van der Waals surface area contributed by atoms with Crippen LogP contribution in [0.3, 0.4) is 0 Å². The summed E-state index contributed by atoms with van der Waals surface area (Å²) in [6, 6.07) is 21.1. The summed E-state index contributed by atoms with van der Waals surface area (Å²) in [6.07, 6.45) is 1.91. The summed E-state index contributed by atoms with van der Waals surface area (Å²) in [6.45, 7) is 18.5. The van der Waals surface area contributed by atoms with E-state index in [1.807, 2.05) is 90.2 Å². The van der Waals surface area contributed by atoms with Crippen LogP contribution in [-0.2, 0) is 58.2 Å². The molecule has 0 unspecified atom stereocenters. The fourth-order valence-corrected chi connectivity index (χ4v) is 12.0. The average molecular weight is 1060 g/mol. The minimum atomic E-state index is -2.28. The normalized spacial score (nSPS) is 24.1. The smallest absolute Gasteiger partial charge is 0.355 e. The van der Waals surface area contributed by atoms with E-state index in [1.54, 1.807) is 26.3 Å². The number of aromatic hydroxyl groups is 1. The highest BCUT2D eigenvalue weighted by Crippen LogP contribution is 2.44. The van der Waals surface area contributed by atoms with Gasteiger partial charge < -0.3 is 49.0 Å². The third kappa shape index (κ3) is 11.1. The van der Waals surface area contributed by atoms with Gasteiger partial charge in [-0.1, -0.05) is 77.1 Å². The van der Waals surface area contributed by atoms with Crippen LogP contribution in [0.25, 0.3) is 33.3 Å². The number of nitrogens with one attached hydrogen (secondary N) is 2. The Kier molecular flexibility index (Phi) is 15.9. The van der Waals surface area contributed by atoms with Gasteiger partial charge in [0.25, 0.3) is 11.8 Å². The monoisotopic (exact) mass is 1050 g/mol. The summed E-state index contributed by atoms with van der Waals surface area (Å²) in [5.74, 6) is -2.94. The number of benzene rings is 3. The summed E-state index contributed by atoms with van der Waals surface area (Å²) in [7, 11) is 5.41. The van der Waals surface area contributed by atoms with Gasteiger partial charge in [-0.15, -0.1) is 0 Å². The SMILES string of the molecule is CCn1c(-c2cc(N3CCN(C)CC3)cnc2[C@H](C)OC)c2c3cc(ccc31)-c1cc(O)cc(c1)C[C@H](NC(=O)[C@H](C(C)C)N(C)C(=O)[C@@H]1OCC[C@@]1(C)c1ccccc1)C(=O)N1CCC[C@@](O)(N1)C(=O)OCC(C)(C)C2. The van der Waals surface area contributed by atoms with Gasteiger partial charge in [0.05, 0.1) is 36.0 Å². The lowest BCUT2D eigenvalue weighted by molar-refractivity contribution is -0.189. The highest BCUT2D eigenvalue weighted by atomic mass is 16.6. The van der Waals surface area contributed by atoms with Crippen molar-refractivity contribution >= 4 is 40.3 Å². The second-order valence-electron chi connectivity index (χ2n) is 23.2. The van der Waals surface area contributed by atoms with E-state index in [4.69, 9.17) is 19.2 Å². The maximum absolute atomic E-state index is 15.0. The van der Waals surface area contributed by atoms with Crippen molar-refractivity contribution in [2.24, 2.45) is 11.3 Å². The molecule has 9 rings (SSSR count). The molecular weight excluding hydrogens is 977 g/mol. The molecule has 6 bridgehead atoms. The number of pyridine rings is 1. The number of carbonyl (C=O) groups is 4. The lowest BCUT2D eigenvalue weighted by Gasteiger charge is -2.40. The minimum Gasteiger partial charge on any atom is -0.508 e. The summed E-state index contributed by atoms with van der Waals surface area (Å²) in [5.41, 5.74) is 7.88. The first-order valence-electron chi connectivity index (χ1n) is 27.3. The molecule has 2 aromatic heterocycles. The zero-order chi connectivity index (χ0) is 55.1. The van der Waals surface area contributed by atoms with Crippen LogP contribution in [0.5, 0.6) is 5.75 Å². The molecule has 0 saturated carbocycles. The van der Waals surface area contributed by atoms with Crippen LogP contribution in [0, 0.1) is 11.3 Å². The van der Waals surface area contributed by atoms with E-state index in [-0.39, 0.29) is 50.2 Å². The summed E-state index contributed by atoms with van der Waals surface area (Å²) in [5, 5.41) is 28.8. The number of amides is 3. The number of carbonyl (C=O) groups excluding carboxylic acids is 4. The van der Waals surface area contributed by atoms with E-state index < -0.39 is 58.4 Å². The number of methoxy groups -OCH3 is 1. The highest BCUT2D eigenvalue weighted by Gasteiger charge is 2.49. The maximum Gasteiger partial charge on any atom is 0.355 e. The highest BCUT2D eigenvalue weighted by molar-refractivity contribution is 5.97. The van der Waals surface area contributed by atoms with Gasteiger partial charge in [-0.2, -0.15) is 5.43 Å². The van der Waals surface area contributed by atoms with Crippen molar-refractivity contribution in [1.29, 1.82) is 0 Å². The zero-order valence-corrected chi connectivity index (χ0v) is 46.5. The molecule has 3 saturated heterocycles. The number of anilines is 1. The molecule has 17 nitrogen and oxygen atoms in total. The first-order valence-corrected chi connectivity index (χ1v) is 27.3. The molecule has 0 radical (unpaired) electrons. The van der Waals surface area contributed by atoms with E-state index >= 15 is 0 Å². The molecule has 0 aliphatic carbocycles. The van der Waals surface area contributed by atoms with Crippen molar-refractivity contribution < 1.29 is 43.6 Å². The van der Waals surface area contributed by atoms with Crippen molar-refractivity contribution in [2.75, 3.05) is 72.0 Å². The number of hydrogen-bond acceptors (Lipinski definition) is 13. The first kappa shape index (κ1) is 55.4. The van der Waals surface area contributed by atoms with Crippen molar-refractivity contribution in [1.82, 2.24) is 35.1 Å². The van der Waals surface area contributed by atoms with Crippen LogP contribution in [0.1, 0.15) is 96.2 Å². The third-order valence-electron chi connectivity index (χ3n) is 16.5. The number of aromatic nitrogens is 2. The number of nitrogens with zero attached hydrogens (tertiary/aromatic N) is 6. The molecule has 3 fully saturated rings. The van der Waals surface area contributed by atoms with Crippen LogP contribution >= 0.6 is 0 Å². The quantitative estimate of drug-likeness (QED) is 0.102. The molecule has 6 heterocycles. The number of likely N-dealkylation sites (N-methyl/N-ethyl adjacent to an activating group) is 2. The van der Waals surface area contributed by atoms with Crippen LogP contribution < -0.4 is 15.6 Å². The Balaban J connectivity index is 1.14. The van der Waals surface area contributed by atoms with Gasteiger partial charge in [0, 0.05) is 100 Å². The van der Waals surface area contributed by atoms with Gasteiger partial charge in [-0.05, 0) is 104 Å². The number of aliphatic hydroxyl groups is 1. The van der Waals surface area contributed by atoms with Gasteiger partial charge in [-0.3, -0.25) is 24.4 Å². The van der Waals surface area contributed by atoms with Crippen molar-refractivity contribution in [3.8, 4) is 28.1 Å². The molecule has 17 heteroatoms. The van der Waals surface area contributed by atoms with E-state index in [2.05, 4.69) is 57.3 Å². The van der Waals surface area contributed by atoms with Crippen molar-refractivity contribution in [3.05, 3.63) is 101 Å². The Morgan fingerprint density at radius 2 is 1.70 bits per heavy atom. The molecule has 5 aromatic rings. The van der Waals surface area contributed by atoms with E-state index in [0.29, 0.717) is 37.1 Å². The van der Waals surface area contributed by atoms with Gasteiger partial charge >= 0.3 is 5.97 Å². The van der Waals surface area contributed by atoms with E-state index in [1.165, 1.54) is 9.91 Å². The Labute approximate surface area is 452 Å². The Bertz CT molecular complexity index is 3010. The van der Waals surface area contributed by atoms with E-state index in [9.17, 15) is 29.4 Å². The Morgan fingerprint density at radius 1 is 0.961 bits per heavy atom. The number of fused-ring (bicyclic) bond motifs is 6. The van der Waals surface area contributed by atoms with E-state index in [0.717, 1.165) is 76.4 Å². The number of hydrogen-bond donors (Lipinski definition) is 4. The second-order valence-corrected chi connectivity index (χ2v) is 23.2. The predicted octanol–water partition coefficient (Wildman–Crippen LogP) is 6.75. The summed E-state index contributed by atoms with van der Waals surface area (Å²) in [4.78, 5) is 70.0. The number of cyclic esters (lactones) is 1. The summed E-state index contributed by atoms with van der Waals surface area (Å²) < 4.78 is 20.5. The number of phenols is 1. The summed E-state index contributed by atoms with van der Waals surface area (Å²) >= 11 is 0. The predicted molar refractivity (Wildman–Crippen MR) is 296 cm³/mol. The van der Waals surface area contributed by atoms with Gasteiger partial charge in [0.15, 0.2) is 0 Å². The maximum atomic E-state index is 15.0. The van der Waals surface area contributed by atoms with Gasteiger partial charge in [0.2, 0.25) is 11.6 Å². The molecule has 0 spiro atoms.